The van der Waals surface area contributed by atoms with Crippen LogP contribution in [0.5, 0.6) is 0 Å². The molecule has 168 valence electrons. The van der Waals surface area contributed by atoms with Crippen molar-refractivity contribution < 1.29 is 4.79 Å². The van der Waals surface area contributed by atoms with Gasteiger partial charge < -0.3 is 10.2 Å². The van der Waals surface area contributed by atoms with E-state index < -0.39 is 0 Å². The maximum absolute atomic E-state index is 12.9. The van der Waals surface area contributed by atoms with Crippen LogP contribution < -0.4 is 10.2 Å². The molecule has 0 bridgehead atoms. The number of benzene rings is 2. The van der Waals surface area contributed by atoms with Gasteiger partial charge in [-0.2, -0.15) is 0 Å². The van der Waals surface area contributed by atoms with E-state index in [0.717, 1.165) is 48.4 Å². The number of aromatic nitrogens is 3. The van der Waals surface area contributed by atoms with Crippen molar-refractivity contribution in [3.05, 3.63) is 59.2 Å². The maximum atomic E-state index is 12.9. The van der Waals surface area contributed by atoms with E-state index in [1.807, 2.05) is 0 Å². The summed E-state index contributed by atoms with van der Waals surface area (Å²) in [5.41, 5.74) is 5.53. The van der Waals surface area contributed by atoms with Crippen molar-refractivity contribution in [1.29, 1.82) is 0 Å². The summed E-state index contributed by atoms with van der Waals surface area (Å²) in [5, 5.41) is 12.9. The number of carbonyl (C=O) groups excluding carboxylic acids is 1. The Morgan fingerprint density at radius 2 is 1.66 bits per heavy atom. The van der Waals surface area contributed by atoms with E-state index in [1.54, 1.807) is 0 Å². The molecule has 1 saturated heterocycles. The number of hydrogen-bond donors (Lipinski definition) is 1. The predicted octanol–water partition coefficient (Wildman–Crippen LogP) is 5.03. The molecule has 6 nitrogen and oxygen atoms in total. The first-order chi connectivity index (χ1) is 15.6. The minimum absolute atomic E-state index is 0.0215. The second-order valence-electron chi connectivity index (χ2n) is 8.14. The minimum atomic E-state index is -0.0215. The molecule has 1 aromatic heterocycles. The summed E-state index contributed by atoms with van der Waals surface area (Å²) in [6.07, 6.45) is 4.11. The number of nitrogens with zero attached hydrogens (tertiary/aromatic N) is 4. The highest BCUT2D eigenvalue weighted by molar-refractivity contribution is 7.99. The molecule has 1 aliphatic heterocycles. The Hall–Kier alpha value is -2.80. The van der Waals surface area contributed by atoms with Crippen molar-refractivity contribution in [2.24, 2.45) is 0 Å². The van der Waals surface area contributed by atoms with Crippen molar-refractivity contribution in [3.8, 4) is 5.69 Å². The Labute approximate surface area is 194 Å². The summed E-state index contributed by atoms with van der Waals surface area (Å²) in [7, 11) is 0. The van der Waals surface area contributed by atoms with E-state index >= 15 is 0 Å². The fourth-order valence-corrected chi connectivity index (χ4v) is 4.85. The van der Waals surface area contributed by atoms with Gasteiger partial charge in [-0.05, 0) is 55.9 Å². The molecule has 1 amide bonds. The Bertz CT molecular complexity index is 1050. The molecular weight excluding hydrogens is 418 g/mol. The molecule has 2 aromatic carbocycles. The third kappa shape index (κ3) is 4.83. The normalized spacial score (nSPS) is 13.5. The summed E-state index contributed by atoms with van der Waals surface area (Å²) in [6, 6.07) is 14.6. The Morgan fingerprint density at radius 1 is 1.00 bits per heavy atom. The van der Waals surface area contributed by atoms with Gasteiger partial charge in [0.05, 0.1) is 11.4 Å². The van der Waals surface area contributed by atoms with Gasteiger partial charge >= 0.3 is 0 Å². The van der Waals surface area contributed by atoms with Crippen molar-refractivity contribution in [2.45, 2.75) is 51.6 Å². The quantitative estimate of drug-likeness (QED) is 0.489. The molecule has 7 heteroatoms. The van der Waals surface area contributed by atoms with Crippen molar-refractivity contribution in [1.82, 2.24) is 14.8 Å². The van der Waals surface area contributed by atoms with E-state index in [4.69, 9.17) is 0 Å². The monoisotopic (exact) mass is 449 g/mol. The molecule has 1 N–H and O–H groups in total. The molecule has 1 aliphatic rings. The molecule has 0 radical (unpaired) electrons. The first kappa shape index (κ1) is 22.4. The Morgan fingerprint density at radius 3 is 2.28 bits per heavy atom. The van der Waals surface area contributed by atoms with Crippen LogP contribution >= 0.6 is 11.8 Å². The van der Waals surface area contributed by atoms with Gasteiger partial charge in [-0.1, -0.05) is 61.5 Å². The first-order valence-corrected chi connectivity index (χ1v) is 12.4. The summed E-state index contributed by atoms with van der Waals surface area (Å²) in [6.45, 7) is 8.29. The number of para-hydroxylation sites is 1. The number of aryl methyl sites for hydroxylation is 3. The van der Waals surface area contributed by atoms with E-state index in [0.29, 0.717) is 0 Å². The lowest BCUT2D eigenvalue weighted by atomic mass is 10.0. The predicted molar refractivity (Wildman–Crippen MR) is 132 cm³/mol. The van der Waals surface area contributed by atoms with Crippen LogP contribution in [0.15, 0.2) is 47.6 Å². The van der Waals surface area contributed by atoms with Gasteiger partial charge in [-0.3, -0.25) is 9.36 Å². The van der Waals surface area contributed by atoms with Crippen LogP contribution in [0.4, 0.5) is 11.6 Å². The molecule has 2 heterocycles. The summed E-state index contributed by atoms with van der Waals surface area (Å²) in [4.78, 5) is 15.2. The second kappa shape index (κ2) is 10.2. The lowest BCUT2D eigenvalue weighted by molar-refractivity contribution is -0.113. The van der Waals surface area contributed by atoms with E-state index in [9.17, 15) is 4.79 Å². The van der Waals surface area contributed by atoms with Gasteiger partial charge in [-0.25, -0.2) is 0 Å². The molecule has 0 spiro atoms. The van der Waals surface area contributed by atoms with Gasteiger partial charge in [-0.15, -0.1) is 10.2 Å². The molecule has 3 aromatic rings. The van der Waals surface area contributed by atoms with Crippen molar-refractivity contribution >= 4 is 29.3 Å². The Kier molecular flexibility index (Phi) is 7.15. The summed E-state index contributed by atoms with van der Waals surface area (Å²) in [5.74, 6) is 1.12. The number of hydrogen-bond acceptors (Lipinski definition) is 5. The molecule has 4 rings (SSSR count). The maximum Gasteiger partial charge on any atom is 0.234 e. The topological polar surface area (TPSA) is 63.1 Å². The van der Waals surface area contributed by atoms with Gasteiger partial charge in [0, 0.05) is 18.8 Å². The molecule has 0 atom stereocenters. The van der Waals surface area contributed by atoms with Crippen LogP contribution in [0.1, 0.15) is 43.4 Å². The number of rotatable bonds is 8. The van der Waals surface area contributed by atoms with E-state index in [-0.39, 0.29) is 11.7 Å². The Balaban J connectivity index is 1.55. The van der Waals surface area contributed by atoms with Crippen LogP contribution in [0.25, 0.3) is 5.69 Å². The zero-order valence-electron chi connectivity index (χ0n) is 19.1. The van der Waals surface area contributed by atoms with Gasteiger partial charge in [0.2, 0.25) is 11.9 Å². The third-order valence-electron chi connectivity index (χ3n) is 5.89. The van der Waals surface area contributed by atoms with Crippen molar-refractivity contribution in [2.75, 3.05) is 29.1 Å². The molecular formula is C25H31N5OS. The number of nitrogens with one attached hydrogen (secondary N) is 1. The average Bonchev–Trinajstić information content (AvgIpc) is 3.48. The zero-order chi connectivity index (χ0) is 22.5. The SMILES string of the molecule is CCc1cccc(CC)c1NC(=O)CSc1nnc(N2CCCC2)n1-c1ccc(C)cc1. The largest absolute Gasteiger partial charge is 0.341 e. The van der Waals surface area contributed by atoms with Crippen LogP contribution in [0, 0.1) is 6.92 Å². The van der Waals surface area contributed by atoms with Crippen molar-refractivity contribution in [3.63, 3.8) is 0 Å². The first-order valence-electron chi connectivity index (χ1n) is 11.4. The lowest BCUT2D eigenvalue weighted by Crippen LogP contribution is -2.22. The van der Waals surface area contributed by atoms with Gasteiger partial charge in [0.1, 0.15) is 0 Å². The molecule has 32 heavy (non-hydrogen) atoms. The van der Waals surface area contributed by atoms with Crippen LogP contribution in [0.3, 0.4) is 0 Å². The molecule has 1 fully saturated rings. The fourth-order valence-electron chi connectivity index (χ4n) is 4.11. The number of thioether (sulfide) groups is 1. The van der Waals surface area contributed by atoms with Crippen LogP contribution in [-0.4, -0.2) is 39.5 Å². The molecule has 0 saturated carbocycles. The highest BCUT2D eigenvalue weighted by Crippen LogP contribution is 2.29. The van der Waals surface area contributed by atoms with Gasteiger partial charge in [0.25, 0.3) is 0 Å². The van der Waals surface area contributed by atoms with E-state index in [1.165, 1.54) is 41.3 Å². The zero-order valence-corrected chi connectivity index (χ0v) is 19.9. The standard InChI is InChI=1S/C25H31N5OS/c1-4-19-9-8-10-20(5-2)23(19)26-22(31)17-32-25-28-27-24(29-15-6-7-16-29)30(25)21-13-11-18(3)12-14-21/h8-14H,4-7,15-17H2,1-3H3,(H,26,31). The number of anilines is 2. The average molecular weight is 450 g/mol. The van der Waals surface area contributed by atoms with Gasteiger partial charge in [0.15, 0.2) is 5.16 Å². The second-order valence-corrected chi connectivity index (χ2v) is 9.09. The lowest BCUT2D eigenvalue weighted by Gasteiger charge is -2.18. The molecule has 0 unspecified atom stereocenters. The third-order valence-corrected chi connectivity index (χ3v) is 6.82. The summed E-state index contributed by atoms with van der Waals surface area (Å²) >= 11 is 1.43. The highest BCUT2D eigenvalue weighted by Gasteiger charge is 2.23. The number of amides is 1. The highest BCUT2D eigenvalue weighted by atomic mass is 32.2. The number of carbonyl (C=O) groups is 1. The van der Waals surface area contributed by atoms with Crippen LogP contribution in [-0.2, 0) is 17.6 Å². The summed E-state index contributed by atoms with van der Waals surface area (Å²) < 4.78 is 2.08. The minimum Gasteiger partial charge on any atom is -0.341 e. The fraction of sp³-hybridized carbons (Fsp3) is 0.400. The van der Waals surface area contributed by atoms with E-state index in [2.05, 4.69) is 88.2 Å². The molecule has 0 aliphatic carbocycles. The smallest absolute Gasteiger partial charge is 0.234 e. The van der Waals surface area contributed by atoms with Crippen LogP contribution in [0.2, 0.25) is 0 Å².